The maximum atomic E-state index is 15.1. The van der Waals surface area contributed by atoms with Crippen LogP contribution in [0.2, 0.25) is 0 Å². The van der Waals surface area contributed by atoms with Crippen molar-refractivity contribution in [3.8, 4) is 28.0 Å². The SMILES string of the molecule is C/C=C/CCC1CCC(c2ccc(-c3ccc(-c4ccc(OCCC)c(F)c4F)cc3)c(F)c2F)OC1. The maximum Gasteiger partial charge on any atom is 0.201 e. The first kappa shape index (κ1) is 26.9. The van der Waals surface area contributed by atoms with E-state index in [2.05, 4.69) is 6.08 Å². The lowest BCUT2D eigenvalue weighted by atomic mass is 9.90. The third kappa shape index (κ3) is 6.07. The lowest BCUT2D eigenvalue weighted by Gasteiger charge is -2.29. The number of rotatable bonds is 9. The Morgan fingerprint density at radius 1 is 0.838 bits per heavy atom. The first-order valence-electron chi connectivity index (χ1n) is 12.9. The third-order valence-corrected chi connectivity index (χ3v) is 6.82. The Hall–Kier alpha value is -3.12. The highest BCUT2D eigenvalue weighted by Gasteiger charge is 2.27. The summed E-state index contributed by atoms with van der Waals surface area (Å²) in [5.41, 5.74) is 1.24. The molecule has 0 aliphatic carbocycles. The molecule has 3 aromatic carbocycles. The molecule has 1 aliphatic heterocycles. The average molecular weight is 513 g/mol. The van der Waals surface area contributed by atoms with Crippen LogP contribution < -0.4 is 4.74 Å². The summed E-state index contributed by atoms with van der Waals surface area (Å²) in [6.07, 6.45) is 7.94. The molecule has 6 heteroatoms. The van der Waals surface area contributed by atoms with Crippen molar-refractivity contribution in [3.63, 3.8) is 0 Å². The van der Waals surface area contributed by atoms with E-state index < -0.39 is 29.4 Å². The summed E-state index contributed by atoms with van der Waals surface area (Å²) in [6, 6.07) is 12.2. The Balaban J connectivity index is 1.49. The smallest absolute Gasteiger partial charge is 0.201 e. The maximum absolute atomic E-state index is 15.1. The van der Waals surface area contributed by atoms with Gasteiger partial charge in [0.2, 0.25) is 5.82 Å². The van der Waals surface area contributed by atoms with Crippen LogP contribution in [0, 0.1) is 29.2 Å². The second-order valence-corrected chi connectivity index (χ2v) is 9.41. The second kappa shape index (κ2) is 12.4. The quantitative estimate of drug-likeness (QED) is 0.210. The fourth-order valence-electron chi connectivity index (χ4n) is 4.72. The van der Waals surface area contributed by atoms with Gasteiger partial charge in [-0.2, -0.15) is 4.39 Å². The zero-order valence-corrected chi connectivity index (χ0v) is 21.2. The average Bonchev–Trinajstić information content (AvgIpc) is 2.92. The summed E-state index contributed by atoms with van der Waals surface area (Å²) in [5.74, 6) is -3.62. The fraction of sp³-hybridized carbons (Fsp3) is 0.355. The van der Waals surface area contributed by atoms with Crippen LogP contribution >= 0.6 is 0 Å². The molecule has 4 rings (SSSR count). The minimum absolute atomic E-state index is 0.0633. The molecular weight excluding hydrogens is 480 g/mol. The molecule has 0 aromatic heterocycles. The van der Waals surface area contributed by atoms with E-state index in [4.69, 9.17) is 9.47 Å². The molecule has 196 valence electrons. The first-order chi connectivity index (χ1) is 17.9. The van der Waals surface area contributed by atoms with Crippen molar-refractivity contribution in [1.82, 2.24) is 0 Å². The number of benzene rings is 3. The summed E-state index contributed by atoms with van der Waals surface area (Å²) in [5, 5.41) is 0. The number of allylic oxidation sites excluding steroid dienone is 2. The van der Waals surface area contributed by atoms with Gasteiger partial charge in [-0.25, -0.2) is 13.2 Å². The van der Waals surface area contributed by atoms with E-state index in [0.29, 0.717) is 36.5 Å². The van der Waals surface area contributed by atoms with Crippen molar-refractivity contribution >= 4 is 0 Å². The fourth-order valence-corrected chi connectivity index (χ4v) is 4.72. The lowest BCUT2D eigenvalue weighted by molar-refractivity contribution is -0.0210. The van der Waals surface area contributed by atoms with Crippen LogP contribution in [0.1, 0.15) is 57.6 Å². The molecular formula is C31H32F4O2. The monoisotopic (exact) mass is 512 g/mol. The first-order valence-corrected chi connectivity index (χ1v) is 12.9. The Morgan fingerprint density at radius 2 is 1.49 bits per heavy atom. The standard InChI is InChI=1S/C31H32F4O2/c1-3-5-6-7-20-8-16-26(37-19-20)25-14-13-23(28(32)30(25)34)21-9-11-22(12-10-21)24-15-17-27(36-18-4-2)31(35)29(24)33/h3,5,9-15,17,20,26H,4,6-8,16,18-19H2,1-2H3/b5-3+. The largest absolute Gasteiger partial charge is 0.490 e. The molecule has 1 aliphatic rings. The van der Waals surface area contributed by atoms with E-state index in [1.165, 1.54) is 12.1 Å². The third-order valence-electron chi connectivity index (χ3n) is 6.82. The van der Waals surface area contributed by atoms with E-state index in [1.54, 1.807) is 36.4 Å². The van der Waals surface area contributed by atoms with Gasteiger partial charge in [-0.3, -0.25) is 0 Å². The molecule has 0 saturated carbocycles. The van der Waals surface area contributed by atoms with Gasteiger partial charge in [0.15, 0.2) is 23.2 Å². The van der Waals surface area contributed by atoms with E-state index in [1.807, 2.05) is 19.9 Å². The van der Waals surface area contributed by atoms with Crippen LogP contribution in [0.3, 0.4) is 0 Å². The van der Waals surface area contributed by atoms with Crippen molar-refractivity contribution in [1.29, 1.82) is 0 Å². The van der Waals surface area contributed by atoms with Crippen molar-refractivity contribution < 1.29 is 27.0 Å². The predicted molar refractivity (Wildman–Crippen MR) is 138 cm³/mol. The van der Waals surface area contributed by atoms with Gasteiger partial charge < -0.3 is 9.47 Å². The molecule has 0 amide bonds. The summed E-state index contributed by atoms with van der Waals surface area (Å²) in [7, 11) is 0. The highest BCUT2D eigenvalue weighted by atomic mass is 19.2. The number of hydrogen-bond acceptors (Lipinski definition) is 2. The van der Waals surface area contributed by atoms with Crippen LogP contribution in [0.15, 0.2) is 60.7 Å². The second-order valence-electron chi connectivity index (χ2n) is 9.41. The van der Waals surface area contributed by atoms with Crippen molar-refractivity contribution in [2.24, 2.45) is 5.92 Å². The molecule has 2 nitrogen and oxygen atoms in total. The molecule has 0 radical (unpaired) electrons. The highest BCUT2D eigenvalue weighted by molar-refractivity contribution is 5.71. The van der Waals surface area contributed by atoms with E-state index in [9.17, 15) is 8.78 Å². The van der Waals surface area contributed by atoms with Crippen molar-refractivity contribution in [2.75, 3.05) is 13.2 Å². The van der Waals surface area contributed by atoms with Gasteiger partial charge in [0, 0.05) is 16.7 Å². The van der Waals surface area contributed by atoms with Gasteiger partial charge in [0.05, 0.1) is 19.3 Å². The Kier molecular flexibility index (Phi) is 9.04. The summed E-state index contributed by atoms with van der Waals surface area (Å²) in [6.45, 7) is 4.69. The minimum Gasteiger partial charge on any atom is -0.490 e. The minimum atomic E-state index is -1.05. The zero-order valence-electron chi connectivity index (χ0n) is 21.2. The zero-order chi connectivity index (χ0) is 26.4. The molecule has 1 fully saturated rings. The molecule has 3 aromatic rings. The van der Waals surface area contributed by atoms with E-state index >= 15 is 8.78 Å². The summed E-state index contributed by atoms with van der Waals surface area (Å²) in [4.78, 5) is 0. The van der Waals surface area contributed by atoms with Crippen molar-refractivity contribution in [3.05, 3.63) is 89.5 Å². The molecule has 0 spiro atoms. The van der Waals surface area contributed by atoms with Gasteiger partial charge >= 0.3 is 0 Å². The van der Waals surface area contributed by atoms with Gasteiger partial charge in [0.25, 0.3) is 0 Å². The van der Waals surface area contributed by atoms with Gasteiger partial charge in [0.1, 0.15) is 0 Å². The number of hydrogen-bond donors (Lipinski definition) is 0. The molecule has 0 N–H and O–H groups in total. The highest BCUT2D eigenvalue weighted by Crippen LogP contribution is 2.37. The Morgan fingerprint density at radius 3 is 2.08 bits per heavy atom. The van der Waals surface area contributed by atoms with Gasteiger partial charge in [-0.1, -0.05) is 55.5 Å². The van der Waals surface area contributed by atoms with Gasteiger partial charge in [-0.05, 0) is 68.2 Å². The summed E-state index contributed by atoms with van der Waals surface area (Å²) < 4.78 is 70.4. The molecule has 1 saturated heterocycles. The van der Waals surface area contributed by atoms with Crippen LogP contribution in [0.5, 0.6) is 5.75 Å². The molecule has 2 atom stereocenters. The van der Waals surface area contributed by atoms with Gasteiger partial charge in [-0.15, -0.1) is 0 Å². The van der Waals surface area contributed by atoms with Crippen LogP contribution in [-0.4, -0.2) is 13.2 Å². The van der Waals surface area contributed by atoms with E-state index in [-0.39, 0.29) is 29.0 Å². The molecule has 37 heavy (non-hydrogen) atoms. The number of halogens is 4. The Labute approximate surface area is 215 Å². The van der Waals surface area contributed by atoms with Crippen LogP contribution in [0.25, 0.3) is 22.3 Å². The predicted octanol–water partition coefficient (Wildman–Crippen LogP) is 9.19. The molecule has 0 bridgehead atoms. The van der Waals surface area contributed by atoms with Crippen molar-refractivity contribution in [2.45, 2.75) is 52.1 Å². The molecule has 1 heterocycles. The lowest BCUT2D eigenvalue weighted by Crippen LogP contribution is -2.21. The Bertz CT molecular complexity index is 1230. The topological polar surface area (TPSA) is 18.5 Å². The summed E-state index contributed by atoms with van der Waals surface area (Å²) >= 11 is 0. The van der Waals surface area contributed by atoms with E-state index in [0.717, 1.165) is 19.3 Å². The van der Waals surface area contributed by atoms with Crippen LogP contribution in [0.4, 0.5) is 17.6 Å². The normalized spacial score (nSPS) is 17.9. The number of ether oxygens (including phenoxy) is 2. The molecule has 2 unspecified atom stereocenters. The van der Waals surface area contributed by atoms with Crippen LogP contribution in [-0.2, 0) is 4.74 Å².